The van der Waals surface area contributed by atoms with Gasteiger partial charge in [0.2, 0.25) is 5.95 Å². The van der Waals surface area contributed by atoms with Crippen LogP contribution < -0.4 is 11.1 Å². The van der Waals surface area contributed by atoms with Gasteiger partial charge in [-0.05, 0) is 51.4 Å². The van der Waals surface area contributed by atoms with Gasteiger partial charge < -0.3 is 11.1 Å². The maximum atomic E-state index is 5.53. The molecule has 6 nitrogen and oxygen atoms in total. The Labute approximate surface area is 154 Å². The van der Waals surface area contributed by atoms with Crippen LogP contribution in [0.4, 0.5) is 5.95 Å². The maximum absolute atomic E-state index is 5.53. The molecule has 0 aliphatic heterocycles. The Hall–Kier alpha value is -2.73. The van der Waals surface area contributed by atoms with Gasteiger partial charge in [0.25, 0.3) is 0 Å². The molecule has 0 bridgehead atoms. The van der Waals surface area contributed by atoms with Gasteiger partial charge in [0.1, 0.15) is 0 Å². The van der Waals surface area contributed by atoms with Crippen molar-refractivity contribution in [3.8, 4) is 16.9 Å². The number of benzene rings is 1. The predicted octanol–water partition coefficient (Wildman–Crippen LogP) is 3.49. The van der Waals surface area contributed by atoms with E-state index in [9.17, 15) is 0 Å². The minimum atomic E-state index is 0.654. The molecule has 0 amide bonds. The van der Waals surface area contributed by atoms with Gasteiger partial charge in [-0.1, -0.05) is 24.6 Å². The first kappa shape index (κ1) is 18.1. The Kier molecular flexibility index (Phi) is 5.96. The number of nitrogens with one attached hydrogen (secondary N) is 1. The quantitative estimate of drug-likeness (QED) is 0.608. The number of aryl methyl sites for hydroxylation is 1. The number of hydrogen-bond donors (Lipinski definition) is 2. The SMILES string of the molecule is Cc1nn(-c2ccccc2)c(C)c1-c1ccnc(NCCCCCN)n1. The highest BCUT2D eigenvalue weighted by Gasteiger charge is 2.16. The lowest BCUT2D eigenvalue weighted by Crippen LogP contribution is -2.07. The summed E-state index contributed by atoms with van der Waals surface area (Å²) >= 11 is 0. The van der Waals surface area contributed by atoms with Crippen LogP contribution in [-0.4, -0.2) is 32.8 Å². The third-order valence-corrected chi connectivity index (χ3v) is 4.37. The van der Waals surface area contributed by atoms with E-state index in [1.54, 1.807) is 6.20 Å². The number of para-hydroxylation sites is 1. The van der Waals surface area contributed by atoms with Crippen molar-refractivity contribution in [3.63, 3.8) is 0 Å². The van der Waals surface area contributed by atoms with Crippen molar-refractivity contribution in [2.24, 2.45) is 5.73 Å². The molecule has 2 aromatic heterocycles. The molecule has 3 N–H and O–H groups in total. The lowest BCUT2D eigenvalue weighted by Gasteiger charge is -2.07. The van der Waals surface area contributed by atoms with Gasteiger partial charge in [-0.25, -0.2) is 14.6 Å². The number of rotatable bonds is 8. The second-order valence-electron chi connectivity index (χ2n) is 6.33. The van der Waals surface area contributed by atoms with Crippen LogP contribution in [0.3, 0.4) is 0 Å². The zero-order chi connectivity index (χ0) is 18.4. The number of aromatic nitrogens is 4. The van der Waals surface area contributed by atoms with E-state index in [1.807, 2.05) is 35.9 Å². The molecule has 136 valence electrons. The third-order valence-electron chi connectivity index (χ3n) is 4.37. The van der Waals surface area contributed by atoms with E-state index in [4.69, 9.17) is 10.8 Å². The zero-order valence-corrected chi connectivity index (χ0v) is 15.4. The van der Waals surface area contributed by atoms with Crippen LogP contribution in [0.15, 0.2) is 42.6 Å². The first-order chi connectivity index (χ1) is 12.7. The Morgan fingerprint density at radius 2 is 1.85 bits per heavy atom. The number of nitrogens with two attached hydrogens (primary N) is 1. The molecule has 3 rings (SSSR count). The molecule has 0 fully saturated rings. The van der Waals surface area contributed by atoms with Crippen LogP contribution in [-0.2, 0) is 0 Å². The van der Waals surface area contributed by atoms with E-state index in [1.165, 1.54) is 0 Å². The fraction of sp³-hybridized carbons (Fsp3) is 0.350. The van der Waals surface area contributed by atoms with Crippen molar-refractivity contribution in [3.05, 3.63) is 54.0 Å². The third kappa shape index (κ3) is 4.08. The molecule has 0 atom stereocenters. The molecule has 2 heterocycles. The summed E-state index contributed by atoms with van der Waals surface area (Å²) in [4.78, 5) is 9.02. The first-order valence-electron chi connectivity index (χ1n) is 9.09. The van der Waals surface area contributed by atoms with Crippen LogP contribution in [0.2, 0.25) is 0 Å². The monoisotopic (exact) mass is 350 g/mol. The highest BCUT2D eigenvalue weighted by Crippen LogP contribution is 2.27. The van der Waals surface area contributed by atoms with E-state index in [0.29, 0.717) is 5.95 Å². The van der Waals surface area contributed by atoms with Crippen molar-refractivity contribution in [2.45, 2.75) is 33.1 Å². The van der Waals surface area contributed by atoms with Gasteiger partial charge in [0.15, 0.2) is 0 Å². The summed E-state index contributed by atoms with van der Waals surface area (Å²) in [6.07, 6.45) is 5.03. The van der Waals surface area contributed by atoms with E-state index in [0.717, 1.165) is 60.7 Å². The Morgan fingerprint density at radius 3 is 2.62 bits per heavy atom. The molecule has 0 unspecified atom stereocenters. The summed E-state index contributed by atoms with van der Waals surface area (Å²) in [5.74, 6) is 0.654. The summed E-state index contributed by atoms with van der Waals surface area (Å²) in [7, 11) is 0. The van der Waals surface area contributed by atoms with Gasteiger partial charge >= 0.3 is 0 Å². The molecular formula is C20H26N6. The summed E-state index contributed by atoms with van der Waals surface area (Å²) in [6, 6.07) is 12.1. The molecule has 0 aliphatic rings. The van der Waals surface area contributed by atoms with Gasteiger partial charge in [0.05, 0.1) is 22.8 Å². The predicted molar refractivity (Wildman–Crippen MR) is 105 cm³/mol. The molecule has 6 heteroatoms. The van der Waals surface area contributed by atoms with E-state index in [-0.39, 0.29) is 0 Å². The summed E-state index contributed by atoms with van der Waals surface area (Å²) in [5, 5.41) is 8.01. The Balaban J connectivity index is 1.81. The van der Waals surface area contributed by atoms with Gasteiger partial charge in [-0.3, -0.25) is 0 Å². The molecule has 26 heavy (non-hydrogen) atoms. The second-order valence-corrected chi connectivity index (χ2v) is 6.33. The Morgan fingerprint density at radius 1 is 1.04 bits per heavy atom. The molecule has 0 saturated carbocycles. The maximum Gasteiger partial charge on any atom is 0.223 e. The van der Waals surface area contributed by atoms with E-state index in [2.05, 4.69) is 34.3 Å². The normalized spacial score (nSPS) is 10.9. The Bertz CT molecular complexity index is 841. The number of nitrogens with zero attached hydrogens (tertiary/aromatic N) is 4. The number of hydrogen-bond acceptors (Lipinski definition) is 5. The zero-order valence-electron chi connectivity index (χ0n) is 15.4. The van der Waals surface area contributed by atoms with Crippen molar-refractivity contribution in [2.75, 3.05) is 18.4 Å². The van der Waals surface area contributed by atoms with E-state index >= 15 is 0 Å². The average Bonchev–Trinajstić information content (AvgIpc) is 2.97. The number of unbranched alkanes of at least 4 members (excludes halogenated alkanes) is 2. The van der Waals surface area contributed by atoms with Crippen molar-refractivity contribution in [1.29, 1.82) is 0 Å². The largest absolute Gasteiger partial charge is 0.354 e. The molecule has 0 radical (unpaired) electrons. The second kappa shape index (κ2) is 8.58. The topological polar surface area (TPSA) is 81.7 Å². The number of anilines is 1. The van der Waals surface area contributed by atoms with Crippen molar-refractivity contribution in [1.82, 2.24) is 19.7 Å². The fourth-order valence-electron chi connectivity index (χ4n) is 3.06. The first-order valence-corrected chi connectivity index (χ1v) is 9.09. The summed E-state index contributed by atoms with van der Waals surface area (Å²) in [6.45, 7) is 5.69. The molecule has 1 aromatic carbocycles. The smallest absolute Gasteiger partial charge is 0.223 e. The highest BCUT2D eigenvalue weighted by atomic mass is 15.3. The molecule has 0 saturated heterocycles. The molecule has 0 spiro atoms. The van der Waals surface area contributed by atoms with Crippen molar-refractivity contribution < 1.29 is 0 Å². The van der Waals surface area contributed by atoms with Crippen LogP contribution >= 0.6 is 0 Å². The minimum Gasteiger partial charge on any atom is -0.354 e. The van der Waals surface area contributed by atoms with Gasteiger partial charge in [-0.2, -0.15) is 5.10 Å². The van der Waals surface area contributed by atoms with Crippen LogP contribution in [0.5, 0.6) is 0 Å². The highest BCUT2D eigenvalue weighted by molar-refractivity contribution is 5.66. The van der Waals surface area contributed by atoms with E-state index < -0.39 is 0 Å². The molecular weight excluding hydrogens is 324 g/mol. The van der Waals surface area contributed by atoms with Gasteiger partial charge in [-0.15, -0.1) is 0 Å². The lowest BCUT2D eigenvalue weighted by molar-refractivity contribution is 0.705. The van der Waals surface area contributed by atoms with Crippen LogP contribution in [0.1, 0.15) is 30.7 Å². The minimum absolute atomic E-state index is 0.654. The summed E-state index contributed by atoms with van der Waals surface area (Å²) < 4.78 is 1.96. The lowest BCUT2D eigenvalue weighted by atomic mass is 10.1. The van der Waals surface area contributed by atoms with Crippen LogP contribution in [0.25, 0.3) is 16.9 Å². The molecule has 3 aromatic rings. The summed E-state index contributed by atoms with van der Waals surface area (Å²) in [5.41, 5.74) is 10.5. The van der Waals surface area contributed by atoms with Crippen molar-refractivity contribution >= 4 is 5.95 Å². The van der Waals surface area contributed by atoms with Crippen LogP contribution in [0, 0.1) is 13.8 Å². The van der Waals surface area contributed by atoms with Gasteiger partial charge in [0, 0.05) is 18.3 Å². The average molecular weight is 350 g/mol. The molecule has 0 aliphatic carbocycles. The standard InChI is InChI=1S/C20H26N6/c1-15-19(16(2)26(25-15)17-9-5-3-6-10-17)18-11-14-23-20(24-18)22-13-8-4-7-12-21/h3,5-6,9-11,14H,4,7-8,12-13,21H2,1-2H3,(H,22,23,24). The fourth-order valence-corrected chi connectivity index (χ4v) is 3.06.